The number of aryl methyl sites for hydroxylation is 1. The minimum absolute atomic E-state index is 0.400. The Bertz CT molecular complexity index is 627. The van der Waals surface area contributed by atoms with E-state index in [4.69, 9.17) is 4.74 Å². The molecule has 0 saturated heterocycles. The topological polar surface area (TPSA) is 50.3 Å². The number of aromatic amines is 1. The Hall–Kier alpha value is -1.24. The normalized spacial score (nSPS) is 15.4. The van der Waals surface area contributed by atoms with E-state index in [9.17, 15) is 0 Å². The smallest absolute Gasteiger partial charge is 0.221 e. The first kappa shape index (κ1) is 9.95. The van der Waals surface area contributed by atoms with Gasteiger partial charge in [0.2, 0.25) is 3.69 Å². The van der Waals surface area contributed by atoms with Crippen LogP contribution in [0.25, 0.3) is 11.0 Å². The monoisotopic (exact) mass is 327 g/mol. The zero-order valence-electron chi connectivity index (χ0n) is 8.91. The maximum atomic E-state index is 5.53. The van der Waals surface area contributed by atoms with Crippen molar-refractivity contribution in [3.8, 4) is 0 Å². The number of imidazole rings is 1. The molecule has 3 rings (SSSR count). The number of nitrogens with zero attached hydrogens (tertiary/aromatic N) is 2. The third-order valence-corrected chi connectivity index (χ3v) is 4.39. The highest BCUT2D eigenvalue weighted by Gasteiger charge is 2.15. The van der Waals surface area contributed by atoms with Crippen molar-refractivity contribution in [2.24, 2.45) is 3.21 Å². The summed E-state index contributed by atoms with van der Waals surface area (Å²) in [5.41, 5.74) is 3.26. The molecule has 0 fully saturated rings. The summed E-state index contributed by atoms with van der Waals surface area (Å²) in [6, 6.07) is 6.17. The quantitative estimate of drug-likeness (QED) is 0.819. The maximum Gasteiger partial charge on any atom is 0.221 e. The number of fused-ring (bicyclic) bond motifs is 1. The van der Waals surface area contributed by atoms with Crippen molar-refractivity contribution in [1.82, 2.24) is 9.97 Å². The summed E-state index contributed by atoms with van der Waals surface area (Å²) < 4.78 is 10.7. The van der Waals surface area contributed by atoms with Gasteiger partial charge in [0, 0.05) is 6.92 Å². The van der Waals surface area contributed by atoms with E-state index < -0.39 is 21.0 Å². The van der Waals surface area contributed by atoms with E-state index in [1.165, 1.54) is 5.56 Å². The molecule has 0 spiro atoms. The molecule has 0 saturated carbocycles. The van der Waals surface area contributed by atoms with Gasteiger partial charge in [0.05, 0.1) is 32.0 Å². The van der Waals surface area contributed by atoms with E-state index in [0.29, 0.717) is 0 Å². The first-order valence-electron chi connectivity index (χ1n) is 4.93. The van der Waals surface area contributed by atoms with E-state index in [1.54, 1.807) is 0 Å². The number of hydrogen-bond acceptors (Lipinski definition) is 3. The van der Waals surface area contributed by atoms with Crippen LogP contribution in [0.15, 0.2) is 21.4 Å². The average molecular weight is 327 g/mol. The van der Waals surface area contributed by atoms with Crippen LogP contribution in [0.2, 0.25) is 0 Å². The second-order valence-electron chi connectivity index (χ2n) is 3.67. The summed E-state index contributed by atoms with van der Waals surface area (Å²) in [6.45, 7) is 3.94. The van der Waals surface area contributed by atoms with Crippen molar-refractivity contribution in [2.45, 2.75) is 13.8 Å². The molecule has 0 atom stereocenters. The Morgan fingerprint density at radius 2 is 2.19 bits per heavy atom. The van der Waals surface area contributed by atoms with Crippen molar-refractivity contribution in [1.29, 1.82) is 0 Å². The van der Waals surface area contributed by atoms with Crippen LogP contribution in [-0.2, 0) is 4.74 Å². The van der Waals surface area contributed by atoms with Gasteiger partial charge in [-0.05, 0) is 24.6 Å². The van der Waals surface area contributed by atoms with Gasteiger partial charge >= 0.3 is 0 Å². The van der Waals surface area contributed by atoms with Gasteiger partial charge in [0.1, 0.15) is 0 Å². The van der Waals surface area contributed by atoms with Crippen LogP contribution < -0.4 is 0 Å². The van der Waals surface area contributed by atoms with Crippen LogP contribution in [0.5, 0.6) is 0 Å². The van der Waals surface area contributed by atoms with Gasteiger partial charge in [-0.3, -0.25) is 0 Å². The number of benzene rings is 1. The van der Waals surface area contributed by atoms with Crippen LogP contribution in [0.1, 0.15) is 18.3 Å². The zero-order valence-corrected chi connectivity index (χ0v) is 11.1. The molecular formula is C11H10IN3O. The predicted octanol–water partition coefficient (Wildman–Crippen LogP) is 2.68. The fourth-order valence-electron chi connectivity index (χ4n) is 1.57. The fourth-order valence-corrected chi connectivity index (χ4v) is 3.13. The lowest BCUT2D eigenvalue weighted by Crippen LogP contribution is -2.06. The number of hydrogen-bond donors (Lipinski definition) is 1. The maximum absolute atomic E-state index is 5.53. The Morgan fingerprint density at radius 3 is 2.94 bits per heavy atom. The summed E-state index contributed by atoms with van der Waals surface area (Å²) in [5.74, 6) is 1.58. The van der Waals surface area contributed by atoms with E-state index in [-0.39, 0.29) is 0 Å². The van der Waals surface area contributed by atoms with Crippen LogP contribution in [0.3, 0.4) is 0 Å². The molecule has 0 bridgehead atoms. The van der Waals surface area contributed by atoms with Gasteiger partial charge in [-0.15, -0.1) is 0 Å². The molecule has 0 amide bonds. The molecule has 0 unspecified atom stereocenters. The number of aromatic nitrogens is 2. The molecule has 0 radical (unpaired) electrons. The summed E-state index contributed by atoms with van der Waals surface area (Å²) in [7, 11) is 0. The molecule has 1 aliphatic heterocycles. The molecule has 1 N–H and O–H groups in total. The van der Waals surface area contributed by atoms with Crippen LogP contribution in [0.4, 0.5) is 0 Å². The van der Waals surface area contributed by atoms with Gasteiger partial charge in [-0.2, -0.15) is 3.21 Å². The average Bonchev–Trinajstić information content (AvgIpc) is 2.83. The highest BCUT2D eigenvalue weighted by atomic mass is 127. The molecular weight excluding hydrogens is 317 g/mol. The summed E-state index contributed by atoms with van der Waals surface area (Å²) in [6.07, 6.45) is 0. The molecule has 1 aliphatic rings. The van der Waals surface area contributed by atoms with Crippen LogP contribution in [0, 0.1) is 6.92 Å². The number of H-pyrrole nitrogens is 1. The molecule has 0 aliphatic carbocycles. The van der Waals surface area contributed by atoms with E-state index >= 15 is 0 Å². The third-order valence-electron chi connectivity index (χ3n) is 2.30. The fraction of sp³-hybridized carbons (Fsp3) is 0.182. The molecule has 4 nitrogen and oxygen atoms in total. The minimum atomic E-state index is -0.400. The summed E-state index contributed by atoms with van der Waals surface area (Å²) >= 11 is -0.400. The largest absolute Gasteiger partial charge is 0.431 e. The Balaban J connectivity index is 2.06. The number of halogens is 1. The third kappa shape index (κ3) is 1.64. The first-order chi connectivity index (χ1) is 7.72. The highest BCUT2D eigenvalue weighted by molar-refractivity contribution is 14.2. The van der Waals surface area contributed by atoms with Crippen molar-refractivity contribution in [2.75, 3.05) is 0 Å². The van der Waals surface area contributed by atoms with Gasteiger partial charge in [-0.1, -0.05) is 6.07 Å². The van der Waals surface area contributed by atoms with Gasteiger partial charge in [0.25, 0.3) is 0 Å². The van der Waals surface area contributed by atoms with Crippen molar-refractivity contribution in [3.63, 3.8) is 0 Å². The SMILES string of the molecule is CC1=NI=C(c2nc3ccc(C)cc3[nH]2)O1. The van der Waals surface area contributed by atoms with Crippen LogP contribution >= 0.6 is 21.0 Å². The first-order valence-corrected chi connectivity index (χ1v) is 6.97. The Labute approximate surface area is 103 Å². The minimum Gasteiger partial charge on any atom is -0.431 e. The number of nitrogens with one attached hydrogen (secondary N) is 1. The van der Waals surface area contributed by atoms with Gasteiger partial charge in [0.15, 0.2) is 11.7 Å². The predicted molar refractivity (Wildman–Crippen MR) is 73.2 cm³/mol. The lowest BCUT2D eigenvalue weighted by Gasteiger charge is -1.96. The van der Waals surface area contributed by atoms with Gasteiger partial charge < -0.3 is 9.72 Å². The number of rotatable bonds is 1. The molecule has 1 aromatic carbocycles. The second-order valence-corrected chi connectivity index (χ2v) is 5.61. The van der Waals surface area contributed by atoms with E-state index in [1.807, 2.05) is 13.0 Å². The second kappa shape index (κ2) is 3.65. The molecule has 1 aromatic heterocycles. The van der Waals surface area contributed by atoms with Crippen molar-refractivity contribution >= 4 is 41.6 Å². The lowest BCUT2D eigenvalue weighted by molar-refractivity contribution is 0.560. The molecule has 82 valence electrons. The molecule has 16 heavy (non-hydrogen) atoms. The van der Waals surface area contributed by atoms with E-state index in [0.717, 1.165) is 26.5 Å². The molecule has 2 aromatic rings. The Kier molecular flexibility index (Phi) is 2.27. The molecule has 2 heterocycles. The van der Waals surface area contributed by atoms with Crippen molar-refractivity contribution < 1.29 is 4.74 Å². The lowest BCUT2D eigenvalue weighted by atomic mass is 10.2. The summed E-state index contributed by atoms with van der Waals surface area (Å²) in [4.78, 5) is 7.79. The van der Waals surface area contributed by atoms with Gasteiger partial charge in [-0.25, -0.2) is 4.98 Å². The van der Waals surface area contributed by atoms with Crippen LogP contribution in [-0.4, -0.2) is 19.6 Å². The van der Waals surface area contributed by atoms with E-state index in [2.05, 4.69) is 32.2 Å². The molecule has 5 heteroatoms. The highest BCUT2D eigenvalue weighted by Crippen LogP contribution is 2.20. The number of ether oxygens (including phenoxy) is 1. The zero-order chi connectivity index (χ0) is 11.1. The van der Waals surface area contributed by atoms with Crippen molar-refractivity contribution in [3.05, 3.63) is 29.6 Å². The Morgan fingerprint density at radius 1 is 1.31 bits per heavy atom. The standard InChI is InChI=1S/C11H10IN3O/c1-6-3-4-8-9(5-6)14-11(13-8)10-12-15-7(2)16-10/h3-5H,1-2H3,(H,13,14). The summed E-state index contributed by atoms with van der Waals surface area (Å²) in [5, 5.41) is 0.